The van der Waals surface area contributed by atoms with Gasteiger partial charge >= 0.3 is 0 Å². The van der Waals surface area contributed by atoms with Crippen molar-refractivity contribution in [2.75, 3.05) is 6.61 Å². The molecule has 9 nitrogen and oxygen atoms in total. The number of rotatable bonds is 6. The number of nitrogens with zero attached hydrogens (tertiary/aromatic N) is 1. The van der Waals surface area contributed by atoms with E-state index < -0.39 is 16.7 Å². The molecule has 0 aliphatic heterocycles. The molecule has 0 atom stereocenters. The van der Waals surface area contributed by atoms with E-state index >= 15 is 0 Å². The molecule has 0 aromatic heterocycles. The lowest BCUT2D eigenvalue weighted by Crippen LogP contribution is -2.49. The number of nitrogens with one attached hydrogen (secondary N) is 3. The molecule has 0 bridgehead atoms. The highest BCUT2D eigenvalue weighted by molar-refractivity contribution is 9.10. The third kappa shape index (κ3) is 7.00. The molecular weight excluding hydrogens is 488 g/mol. The highest BCUT2D eigenvalue weighted by Crippen LogP contribution is 2.32. The quantitative estimate of drug-likeness (QED) is 0.310. The predicted octanol–water partition coefficient (Wildman–Crippen LogP) is 3.50. The second kappa shape index (κ2) is 10.8. The van der Waals surface area contributed by atoms with Gasteiger partial charge in [-0.15, -0.1) is 0 Å². The Morgan fingerprint density at radius 3 is 2.58 bits per heavy atom. The number of ether oxygens (including phenoxy) is 1. The first-order chi connectivity index (χ1) is 14.6. The zero-order chi connectivity index (χ0) is 23.1. The fourth-order valence-corrected chi connectivity index (χ4v) is 3.06. The molecule has 0 unspecified atom stereocenters. The van der Waals surface area contributed by atoms with Gasteiger partial charge in [-0.25, -0.2) is 0 Å². The van der Waals surface area contributed by atoms with Crippen LogP contribution >= 0.6 is 28.1 Å². The SMILES string of the molecule is Cc1cc(OCC(=O)NC(=S)NNC(=O)c2cccc([N+](=O)[O-])c2)c(C(C)C)cc1Br. The summed E-state index contributed by atoms with van der Waals surface area (Å²) in [5.41, 5.74) is 6.41. The molecule has 2 aromatic rings. The van der Waals surface area contributed by atoms with E-state index in [1.54, 1.807) is 0 Å². The molecule has 0 heterocycles. The molecule has 31 heavy (non-hydrogen) atoms. The average Bonchev–Trinajstić information content (AvgIpc) is 2.72. The van der Waals surface area contributed by atoms with Crippen LogP contribution < -0.4 is 20.9 Å². The molecule has 2 amide bonds. The summed E-state index contributed by atoms with van der Waals surface area (Å²) in [6.07, 6.45) is 0. The summed E-state index contributed by atoms with van der Waals surface area (Å²) >= 11 is 8.46. The summed E-state index contributed by atoms with van der Waals surface area (Å²) in [6, 6.07) is 9.00. The summed E-state index contributed by atoms with van der Waals surface area (Å²) in [6.45, 7) is 5.69. The Hall–Kier alpha value is -3.05. The molecule has 0 fully saturated rings. The molecule has 0 aliphatic rings. The maximum Gasteiger partial charge on any atom is 0.270 e. The first kappa shape index (κ1) is 24.2. The first-order valence-corrected chi connectivity index (χ1v) is 10.4. The highest BCUT2D eigenvalue weighted by atomic mass is 79.9. The Kier molecular flexibility index (Phi) is 8.46. The van der Waals surface area contributed by atoms with Crippen molar-refractivity contribution in [2.24, 2.45) is 0 Å². The third-order valence-electron chi connectivity index (χ3n) is 4.13. The molecule has 164 valence electrons. The number of carbonyl (C=O) groups excluding carboxylic acids is 2. The number of nitro benzene ring substituents is 1. The number of carbonyl (C=O) groups is 2. The molecule has 0 saturated heterocycles. The van der Waals surface area contributed by atoms with Crippen molar-refractivity contribution in [3.8, 4) is 5.75 Å². The number of hydrogen-bond acceptors (Lipinski definition) is 6. The van der Waals surface area contributed by atoms with E-state index in [0.717, 1.165) is 21.7 Å². The van der Waals surface area contributed by atoms with E-state index in [9.17, 15) is 19.7 Å². The first-order valence-electron chi connectivity index (χ1n) is 9.16. The van der Waals surface area contributed by atoms with Crippen LogP contribution in [0.4, 0.5) is 5.69 Å². The number of halogens is 1. The second-order valence-electron chi connectivity index (χ2n) is 6.85. The lowest BCUT2D eigenvalue weighted by atomic mass is 10.0. The van der Waals surface area contributed by atoms with Crippen molar-refractivity contribution < 1.29 is 19.2 Å². The Morgan fingerprint density at radius 2 is 1.94 bits per heavy atom. The van der Waals surface area contributed by atoms with E-state index in [4.69, 9.17) is 17.0 Å². The minimum Gasteiger partial charge on any atom is -0.483 e. The van der Waals surface area contributed by atoms with Crippen LogP contribution in [0.1, 0.15) is 41.3 Å². The van der Waals surface area contributed by atoms with Crippen molar-refractivity contribution in [3.05, 3.63) is 67.7 Å². The maximum atomic E-state index is 12.1. The van der Waals surface area contributed by atoms with E-state index in [1.165, 1.54) is 18.2 Å². The van der Waals surface area contributed by atoms with Crippen LogP contribution in [0.2, 0.25) is 0 Å². The van der Waals surface area contributed by atoms with Crippen molar-refractivity contribution in [3.63, 3.8) is 0 Å². The summed E-state index contributed by atoms with van der Waals surface area (Å²) in [5, 5.41) is 13.0. The van der Waals surface area contributed by atoms with Gasteiger partial charge in [0.2, 0.25) is 0 Å². The lowest BCUT2D eigenvalue weighted by molar-refractivity contribution is -0.384. The molecule has 11 heteroatoms. The standard InChI is InChI=1S/C20H21BrN4O5S/c1-11(2)15-9-16(21)12(3)7-17(15)30-10-18(26)22-20(31)24-23-19(27)13-5-4-6-14(8-13)25(28)29/h4-9,11H,10H2,1-3H3,(H,23,27)(H2,22,24,26,31). The molecular formula is C20H21BrN4O5S. The van der Waals surface area contributed by atoms with Crippen LogP contribution in [0.3, 0.4) is 0 Å². The molecule has 2 rings (SSSR count). The van der Waals surface area contributed by atoms with Gasteiger partial charge < -0.3 is 4.74 Å². The lowest BCUT2D eigenvalue weighted by Gasteiger charge is -2.16. The van der Waals surface area contributed by atoms with E-state index in [2.05, 4.69) is 32.1 Å². The van der Waals surface area contributed by atoms with Crippen LogP contribution in [0.25, 0.3) is 0 Å². The Labute approximate surface area is 192 Å². The van der Waals surface area contributed by atoms with Crippen molar-refractivity contribution in [2.45, 2.75) is 26.7 Å². The van der Waals surface area contributed by atoms with Crippen LogP contribution in [0.15, 0.2) is 40.9 Å². The largest absolute Gasteiger partial charge is 0.483 e. The van der Waals surface area contributed by atoms with Gasteiger partial charge in [-0.2, -0.15) is 0 Å². The molecule has 2 aromatic carbocycles. The Balaban J connectivity index is 1.87. The predicted molar refractivity (Wildman–Crippen MR) is 123 cm³/mol. The monoisotopic (exact) mass is 508 g/mol. The maximum absolute atomic E-state index is 12.1. The normalized spacial score (nSPS) is 10.4. The van der Waals surface area contributed by atoms with Gasteiger partial charge in [0.15, 0.2) is 11.7 Å². The molecule has 0 saturated carbocycles. The zero-order valence-electron chi connectivity index (χ0n) is 17.0. The fraction of sp³-hybridized carbons (Fsp3) is 0.250. The molecule has 0 spiro atoms. The van der Waals surface area contributed by atoms with Crippen LogP contribution in [0.5, 0.6) is 5.75 Å². The fourth-order valence-electron chi connectivity index (χ4n) is 2.53. The topological polar surface area (TPSA) is 123 Å². The number of hydrazine groups is 1. The van der Waals surface area contributed by atoms with E-state index in [-0.39, 0.29) is 28.9 Å². The van der Waals surface area contributed by atoms with Gasteiger partial charge in [0.1, 0.15) is 5.75 Å². The van der Waals surface area contributed by atoms with Gasteiger partial charge in [0, 0.05) is 22.2 Å². The average molecular weight is 509 g/mol. The number of amides is 2. The minimum absolute atomic E-state index is 0.0611. The molecule has 0 radical (unpaired) electrons. The Morgan fingerprint density at radius 1 is 1.23 bits per heavy atom. The zero-order valence-corrected chi connectivity index (χ0v) is 19.4. The third-order valence-corrected chi connectivity index (χ3v) is 5.19. The Bertz CT molecular complexity index is 1030. The summed E-state index contributed by atoms with van der Waals surface area (Å²) in [7, 11) is 0. The molecule has 0 aliphatic carbocycles. The number of thiocarbonyl (C=S) groups is 1. The van der Waals surface area contributed by atoms with Gasteiger partial charge in [-0.05, 0) is 54.4 Å². The van der Waals surface area contributed by atoms with Gasteiger partial charge in [0.25, 0.3) is 17.5 Å². The number of nitro groups is 1. The van der Waals surface area contributed by atoms with Crippen LogP contribution in [0, 0.1) is 17.0 Å². The van der Waals surface area contributed by atoms with Crippen molar-refractivity contribution >= 4 is 50.8 Å². The van der Waals surface area contributed by atoms with Crippen LogP contribution in [-0.2, 0) is 4.79 Å². The van der Waals surface area contributed by atoms with E-state index in [1.807, 2.05) is 32.9 Å². The number of hydrogen-bond donors (Lipinski definition) is 3. The van der Waals surface area contributed by atoms with Gasteiger partial charge in [-0.1, -0.05) is 35.8 Å². The van der Waals surface area contributed by atoms with Gasteiger partial charge in [0.05, 0.1) is 4.92 Å². The van der Waals surface area contributed by atoms with Crippen molar-refractivity contribution in [1.82, 2.24) is 16.2 Å². The number of benzene rings is 2. The highest BCUT2D eigenvalue weighted by Gasteiger charge is 2.14. The van der Waals surface area contributed by atoms with Gasteiger partial charge in [-0.3, -0.25) is 35.9 Å². The number of aryl methyl sites for hydroxylation is 1. The smallest absolute Gasteiger partial charge is 0.270 e. The van der Waals surface area contributed by atoms with Crippen molar-refractivity contribution in [1.29, 1.82) is 0 Å². The minimum atomic E-state index is -0.650. The molecule has 3 N–H and O–H groups in total. The van der Waals surface area contributed by atoms with Crippen LogP contribution in [-0.4, -0.2) is 28.5 Å². The summed E-state index contributed by atoms with van der Waals surface area (Å²) in [5.74, 6) is -0.369. The summed E-state index contributed by atoms with van der Waals surface area (Å²) < 4.78 is 6.61. The summed E-state index contributed by atoms with van der Waals surface area (Å²) in [4.78, 5) is 34.4. The second-order valence-corrected chi connectivity index (χ2v) is 8.11. The number of non-ortho nitro benzene ring substituents is 1. The van der Waals surface area contributed by atoms with E-state index in [0.29, 0.717) is 5.75 Å².